The number of hydrogen-bond donors (Lipinski definition) is 0. The van der Waals surface area contributed by atoms with Crippen LogP contribution in [0.5, 0.6) is 0 Å². The number of esters is 1. The quantitative estimate of drug-likeness (QED) is 0.798. The van der Waals surface area contributed by atoms with E-state index in [4.69, 9.17) is 4.74 Å². The van der Waals surface area contributed by atoms with Crippen molar-refractivity contribution in [3.63, 3.8) is 0 Å². The molecule has 1 aromatic heterocycles. The summed E-state index contributed by atoms with van der Waals surface area (Å²) in [5.74, 6) is -0.548. The van der Waals surface area contributed by atoms with Crippen molar-refractivity contribution in [3.8, 4) is 5.69 Å². The predicted octanol–water partition coefficient (Wildman–Crippen LogP) is 1.45. The molecule has 0 N–H and O–H groups in total. The molecule has 7 heteroatoms. The lowest BCUT2D eigenvalue weighted by atomic mass is 10.3. The highest BCUT2D eigenvalue weighted by Crippen LogP contribution is 2.21. The van der Waals surface area contributed by atoms with Crippen molar-refractivity contribution in [3.05, 3.63) is 42.2 Å². The Kier molecular flexibility index (Phi) is 3.89. The minimum Gasteiger partial charge on any atom is -0.461 e. The Bertz CT molecular complexity index is 734. The van der Waals surface area contributed by atoms with Gasteiger partial charge in [-0.2, -0.15) is 5.10 Å². The molecule has 2 rings (SSSR count). The van der Waals surface area contributed by atoms with Crippen LogP contribution in [0.15, 0.2) is 41.4 Å². The van der Waals surface area contributed by atoms with Crippen LogP contribution in [0.3, 0.4) is 0 Å². The van der Waals surface area contributed by atoms with Crippen LogP contribution < -0.4 is 0 Å². The molecule has 0 saturated carbocycles. The molecule has 0 amide bonds. The molecule has 0 spiro atoms. The van der Waals surface area contributed by atoms with Crippen molar-refractivity contribution in [1.82, 2.24) is 9.78 Å². The largest absolute Gasteiger partial charge is 0.461 e. The Balaban J connectivity index is 2.60. The molecule has 0 aliphatic carbocycles. The topological polar surface area (TPSA) is 78.3 Å². The summed E-state index contributed by atoms with van der Waals surface area (Å²) in [7, 11) is -3.43. The molecule has 0 aliphatic rings. The minimum absolute atomic E-state index is 0.106. The van der Waals surface area contributed by atoms with Crippen molar-refractivity contribution in [2.75, 3.05) is 12.9 Å². The van der Waals surface area contributed by atoms with E-state index < -0.39 is 15.8 Å². The van der Waals surface area contributed by atoms with E-state index in [1.54, 1.807) is 25.1 Å². The van der Waals surface area contributed by atoms with Gasteiger partial charge >= 0.3 is 5.97 Å². The first kappa shape index (κ1) is 14.3. The van der Waals surface area contributed by atoms with E-state index in [1.165, 1.54) is 23.0 Å². The highest BCUT2D eigenvalue weighted by molar-refractivity contribution is 7.90. The van der Waals surface area contributed by atoms with Gasteiger partial charge in [-0.05, 0) is 25.1 Å². The van der Waals surface area contributed by atoms with Crippen LogP contribution in [0.25, 0.3) is 5.69 Å². The molecule has 2 aromatic rings. The number of carbonyl (C=O) groups excluding carboxylic acids is 1. The molecular formula is C13H14N2O4S. The molecular weight excluding hydrogens is 280 g/mol. The molecule has 0 aliphatic heterocycles. The van der Waals surface area contributed by atoms with Crippen molar-refractivity contribution < 1.29 is 17.9 Å². The van der Waals surface area contributed by atoms with Gasteiger partial charge in [0, 0.05) is 6.26 Å². The molecule has 0 radical (unpaired) electrons. The summed E-state index contributed by atoms with van der Waals surface area (Å²) in [5, 5.41) is 4.02. The number of benzene rings is 1. The molecule has 0 atom stereocenters. The zero-order valence-electron chi connectivity index (χ0n) is 11.1. The third-order valence-electron chi connectivity index (χ3n) is 2.62. The van der Waals surface area contributed by atoms with E-state index in [9.17, 15) is 13.2 Å². The Hall–Kier alpha value is -2.15. The Morgan fingerprint density at radius 1 is 1.30 bits per heavy atom. The number of carbonyl (C=O) groups is 1. The van der Waals surface area contributed by atoms with Crippen LogP contribution in [0.1, 0.15) is 17.4 Å². The third kappa shape index (κ3) is 2.72. The van der Waals surface area contributed by atoms with E-state index in [1.807, 2.05) is 0 Å². The average Bonchev–Trinajstić information content (AvgIpc) is 2.87. The summed E-state index contributed by atoms with van der Waals surface area (Å²) in [6.45, 7) is 1.93. The van der Waals surface area contributed by atoms with Crippen LogP contribution in [0.2, 0.25) is 0 Å². The first-order valence-electron chi connectivity index (χ1n) is 5.95. The molecule has 0 saturated heterocycles. The summed E-state index contributed by atoms with van der Waals surface area (Å²) in [6.07, 6.45) is 2.53. The summed E-state index contributed by atoms with van der Waals surface area (Å²) >= 11 is 0. The van der Waals surface area contributed by atoms with Gasteiger partial charge in [-0.25, -0.2) is 17.9 Å². The Labute approximate surface area is 116 Å². The number of rotatable bonds is 4. The maximum atomic E-state index is 11.8. The van der Waals surface area contributed by atoms with E-state index in [2.05, 4.69) is 5.10 Å². The van der Waals surface area contributed by atoms with Crippen molar-refractivity contribution >= 4 is 15.8 Å². The highest BCUT2D eigenvalue weighted by Gasteiger charge is 2.20. The number of hydrogen-bond acceptors (Lipinski definition) is 5. The van der Waals surface area contributed by atoms with Gasteiger partial charge < -0.3 is 4.74 Å². The second kappa shape index (κ2) is 5.46. The second-order valence-electron chi connectivity index (χ2n) is 4.09. The van der Waals surface area contributed by atoms with Gasteiger partial charge in [0.15, 0.2) is 15.5 Å². The van der Waals surface area contributed by atoms with E-state index in [-0.39, 0.29) is 17.2 Å². The zero-order chi connectivity index (χ0) is 14.8. The second-order valence-corrected chi connectivity index (χ2v) is 6.07. The van der Waals surface area contributed by atoms with Crippen molar-refractivity contribution in [1.29, 1.82) is 0 Å². The molecule has 0 bridgehead atoms. The van der Waals surface area contributed by atoms with Gasteiger partial charge in [0.2, 0.25) is 0 Å². The Morgan fingerprint density at radius 3 is 2.65 bits per heavy atom. The summed E-state index contributed by atoms with van der Waals surface area (Å²) in [5.41, 5.74) is 0.506. The minimum atomic E-state index is -3.43. The van der Waals surface area contributed by atoms with E-state index in [0.717, 1.165) is 6.26 Å². The van der Waals surface area contributed by atoms with Gasteiger partial charge in [-0.1, -0.05) is 12.1 Å². The molecule has 0 unspecified atom stereocenters. The smallest absolute Gasteiger partial charge is 0.357 e. The maximum Gasteiger partial charge on any atom is 0.357 e. The zero-order valence-corrected chi connectivity index (χ0v) is 11.9. The molecule has 106 valence electrons. The van der Waals surface area contributed by atoms with Crippen LogP contribution >= 0.6 is 0 Å². The van der Waals surface area contributed by atoms with Crippen molar-refractivity contribution in [2.45, 2.75) is 11.8 Å². The normalized spacial score (nSPS) is 11.3. The number of nitrogens with zero attached hydrogens (tertiary/aromatic N) is 2. The SMILES string of the molecule is CCOC(=O)c1ccnn1-c1ccccc1S(C)(=O)=O. The van der Waals surface area contributed by atoms with Gasteiger partial charge in [-0.15, -0.1) is 0 Å². The first-order chi connectivity index (χ1) is 9.45. The van der Waals surface area contributed by atoms with Gasteiger partial charge in [-0.3, -0.25) is 0 Å². The predicted molar refractivity (Wildman–Crippen MR) is 72.6 cm³/mol. The fraction of sp³-hybridized carbons (Fsp3) is 0.231. The summed E-state index contributed by atoms with van der Waals surface area (Å²) in [4.78, 5) is 11.9. The van der Waals surface area contributed by atoms with E-state index in [0.29, 0.717) is 5.69 Å². The Morgan fingerprint density at radius 2 is 2.00 bits per heavy atom. The average molecular weight is 294 g/mol. The lowest BCUT2D eigenvalue weighted by Crippen LogP contribution is -2.14. The fourth-order valence-corrected chi connectivity index (χ4v) is 2.66. The maximum absolute atomic E-state index is 11.8. The first-order valence-corrected chi connectivity index (χ1v) is 7.85. The van der Waals surface area contributed by atoms with Crippen LogP contribution in [0, 0.1) is 0 Å². The lowest BCUT2D eigenvalue weighted by Gasteiger charge is -2.10. The third-order valence-corrected chi connectivity index (χ3v) is 3.76. The number of para-hydroxylation sites is 1. The number of sulfone groups is 1. The van der Waals surface area contributed by atoms with Crippen molar-refractivity contribution in [2.24, 2.45) is 0 Å². The highest BCUT2D eigenvalue weighted by atomic mass is 32.2. The number of aromatic nitrogens is 2. The number of ether oxygens (including phenoxy) is 1. The van der Waals surface area contributed by atoms with Crippen LogP contribution in [-0.4, -0.2) is 37.0 Å². The molecule has 20 heavy (non-hydrogen) atoms. The molecule has 1 heterocycles. The lowest BCUT2D eigenvalue weighted by molar-refractivity contribution is 0.0515. The van der Waals surface area contributed by atoms with E-state index >= 15 is 0 Å². The van der Waals surface area contributed by atoms with Gasteiger partial charge in [0.1, 0.15) is 0 Å². The van der Waals surface area contributed by atoms with Gasteiger partial charge in [0.25, 0.3) is 0 Å². The standard InChI is InChI=1S/C13H14N2O4S/c1-3-19-13(16)11-8-9-14-15(11)10-6-4-5-7-12(10)20(2,17)18/h4-9H,3H2,1-2H3. The summed E-state index contributed by atoms with van der Waals surface area (Å²) in [6, 6.07) is 7.85. The molecule has 0 fully saturated rings. The molecule has 1 aromatic carbocycles. The fourth-order valence-electron chi connectivity index (χ4n) is 1.80. The van der Waals surface area contributed by atoms with Crippen LogP contribution in [-0.2, 0) is 14.6 Å². The van der Waals surface area contributed by atoms with Crippen LogP contribution in [0.4, 0.5) is 0 Å². The monoisotopic (exact) mass is 294 g/mol. The van der Waals surface area contributed by atoms with Gasteiger partial charge in [0.05, 0.1) is 23.4 Å². The molecule has 6 nitrogen and oxygen atoms in total. The summed E-state index contributed by atoms with van der Waals surface area (Å²) < 4.78 is 29.8.